The van der Waals surface area contributed by atoms with Crippen molar-refractivity contribution in [3.8, 4) is 0 Å². The van der Waals surface area contributed by atoms with Crippen LogP contribution in [-0.4, -0.2) is 39.5 Å². The summed E-state index contributed by atoms with van der Waals surface area (Å²) in [5.74, 6) is 0. The molecule has 1 fully saturated rings. The van der Waals surface area contributed by atoms with Crippen LogP contribution in [-0.2, 0) is 10.0 Å². The predicted octanol–water partition coefficient (Wildman–Crippen LogP) is 2.60. The van der Waals surface area contributed by atoms with Gasteiger partial charge in [0.25, 0.3) is 0 Å². The fourth-order valence-corrected chi connectivity index (χ4v) is 3.87. The average molecular weight is 361 g/mol. The van der Waals surface area contributed by atoms with Gasteiger partial charge in [0.15, 0.2) is 0 Å². The van der Waals surface area contributed by atoms with E-state index in [0.29, 0.717) is 17.5 Å². The topological polar surface area (TPSA) is 49.4 Å². The van der Waals surface area contributed by atoms with E-state index in [4.69, 9.17) is 0 Å². The molecule has 1 aliphatic carbocycles. The zero-order valence-corrected chi connectivity index (χ0v) is 14.1. The van der Waals surface area contributed by atoms with Gasteiger partial charge in [0.2, 0.25) is 10.0 Å². The quantitative estimate of drug-likeness (QED) is 0.847. The van der Waals surface area contributed by atoms with Gasteiger partial charge >= 0.3 is 0 Å². The lowest BCUT2D eigenvalue weighted by Crippen LogP contribution is -2.37. The standard InChI is InChI=1S/C14H21BrN2O2S/c1-17(13-4-2-3-5-13)11-10-16-20(18,19)14-8-6-12(15)7-9-14/h6-9,13,16H,2-5,10-11H2,1H3. The highest BCUT2D eigenvalue weighted by atomic mass is 79.9. The molecule has 2 rings (SSSR count). The molecule has 20 heavy (non-hydrogen) atoms. The zero-order valence-electron chi connectivity index (χ0n) is 11.7. The number of likely N-dealkylation sites (N-methyl/N-ethyl adjacent to an activating group) is 1. The van der Waals surface area contributed by atoms with Crippen molar-refractivity contribution >= 4 is 26.0 Å². The SMILES string of the molecule is CN(CCNS(=O)(=O)c1ccc(Br)cc1)C1CCCC1. The van der Waals surface area contributed by atoms with Gasteiger partial charge in [0, 0.05) is 23.6 Å². The molecule has 1 saturated carbocycles. The number of halogens is 1. The summed E-state index contributed by atoms with van der Waals surface area (Å²) in [6.07, 6.45) is 5.05. The molecule has 0 radical (unpaired) electrons. The summed E-state index contributed by atoms with van der Waals surface area (Å²) in [6.45, 7) is 1.20. The van der Waals surface area contributed by atoms with Crippen LogP contribution in [0.5, 0.6) is 0 Å². The van der Waals surface area contributed by atoms with Crippen molar-refractivity contribution in [1.29, 1.82) is 0 Å². The molecular weight excluding hydrogens is 340 g/mol. The van der Waals surface area contributed by atoms with Gasteiger partial charge in [-0.1, -0.05) is 28.8 Å². The molecule has 0 unspecified atom stereocenters. The molecule has 112 valence electrons. The second-order valence-corrected chi connectivity index (χ2v) is 7.95. The van der Waals surface area contributed by atoms with Crippen LogP contribution in [0.4, 0.5) is 0 Å². The number of nitrogens with one attached hydrogen (secondary N) is 1. The number of hydrogen-bond acceptors (Lipinski definition) is 3. The number of benzene rings is 1. The fourth-order valence-electron chi connectivity index (χ4n) is 2.58. The highest BCUT2D eigenvalue weighted by molar-refractivity contribution is 9.10. The lowest BCUT2D eigenvalue weighted by molar-refractivity contribution is 0.250. The van der Waals surface area contributed by atoms with Crippen LogP contribution in [0.25, 0.3) is 0 Å². The number of rotatable bonds is 6. The third-order valence-electron chi connectivity index (χ3n) is 3.83. The lowest BCUT2D eigenvalue weighted by atomic mass is 10.2. The van der Waals surface area contributed by atoms with Crippen molar-refractivity contribution in [2.45, 2.75) is 36.6 Å². The van der Waals surface area contributed by atoms with Gasteiger partial charge in [0.05, 0.1) is 4.90 Å². The Labute approximate surface area is 129 Å². The third-order valence-corrected chi connectivity index (χ3v) is 5.83. The second-order valence-electron chi connectivity index (χ2n) is 5.27. The van der Waals surface area contributed by atoms with Gasteiger partial charge in [-0.25, -0.2) is 13.1 Å². The maximum Gasteiger partial charge on any atom is 0.240 e. The Morgan fingerprint density at radius 1 is 1.25 bits per heavy atom. The first kappa shape index (κ1) is 15.9. The van der Waals surface area contributed by atoms with Crippen molar-refractivity contribution in [2.75, 3.05) is 20.1 Å². The first-order valence-electron chi connectivity index (χ1n) is 6.94. The van der Waals surface area contributed by atoms with E-state index >= 15 is 0 Å². The first-order chi connectivity index (χ1) is 9.49. The normalized spacial score (nSPS) is 16.9. The lowest BCUT2D eigenvalue weighted by Gasteiger charge is -2.23. The Morgan fingerprint density at radius 2 is 1.85 bits per heavy atom. The summed E-state index contributed by atoms with van der Waals surface area (Å²) in [7, 11) is -1.32. The van der Waals surface area contributed by atoms with Crippen LogP contribution < -0.4 is 4.72 Å². The van der Waals surface area contributed by atoms with Crippen molar-refractivity contribution < 1.29 is 8.42 Å². The molecule has 0 heterocycles. The van der Waals surface area contributed by atoms with Gasteiger partial charge < -0.3 is 4.90 Å². The Kier molecular flexibility index (Phi) is 5.60. The molecule has 6 heteroatoms. The Bertz CT molecular complexity index is 525. The van der Waals surface area contributed by atoms with E-state index in [1.54, 1.807) is 24.3 Å². The van der Waals surface area contributed by atoms with Crippen LogP contribution in [0, 0.1) is 0 Å². The maximum absolute atomic E-state index is 12.1. The van der Waals surface area contributed by atoms with E-state index in [1.807, 2.05) is 0 Å². The minimum atomic E-state index is -3.39. The second kappa shape index (κ2) is 7.02. The molecule has 0 bridgehead atoms. The van der Waals surface area contributed by atoms with E-state index in [9.17, 15) is 8.42 Å². The van der Waals surface area contributed by atoms with Gasteiger partial charge in [-0.15, -0.1) is 0 Å². The molecule has 0 atom stereocenters. The highest BCUT2D eigenvalue weighted by Crippen LogP contribution is 2.22. The van der Waals surface area contributed by atoms with Crippen LogP contribution in [0.15, 0.2) is 33.6 Å². The minimum absolute atomic E-state index is 0.309. The van der Waals surface area contributed by atoms with Crippen LogP contribution in [0.1, 0.15) is 25.7 Å². The summed E-state index contributed by atoms with van der Waals surface area (Å²) < 4.78 is 27.7. The molecule has 0 aliphatic heterocycles. The molecule has 0 amide bonds. The largest absolute Gasteiger partial charge is 0.302 e. The summed E-state index contributed by atoms with van der Waals surface area (Å²) in [5, 5.41) is 0. The molecule has 0 aromatic heterocycles. The van der Waals surface area contributed by atoms with Crippen molar-refractivity contribution in [1.82, 2.24) is 9.62 Å². The van der Waals surface area contributed by atoms with E-state index in [0.717, 1.165) is 11.0 Å². The number of hydrogen-bond donors (Lipinski definition) is 1. The summed E-state index contributed by atoms with van der Waals surface area (Å²) >= 11 is 3.30. The van der Waals surface area contributed by atoms with E-state index in [-0.39, 0.29) is 0 Å². The van der Waals surface area contributed by atoms with Crippen molar-refractivity contribution in [3.05, 3.63) is 28.7 Å². The molecule has 0 saturated heterocycles. The minimum Gasteiger partial charge on any atom is -0.302 e. The molecule has 0 spiro atoms. The predicted molar refractivity (Wildman–Crippen MR) is 84.2 cm³/mol. The summed E-state index contributed by atoms with van der Waals surface area (Å²) in [6, 6.07) is 7.30. The molecule has 1 aromatic rings. The monoisotopic (exact) mass is 360 g/mol. The average Bonchev–Trinajstić information content (AvgIpc) is 2.93. The first-order valence-corrected chi connectivity index (χ1v) is 9.22. The molecule has 1 aliphatic rings. The van der Waals surface area contributed by atoms with Gasteiger partial charge in [-0.3, -0.25) is 0 Å². The van der Waals surface area contributed by atoms with E-state index in [1.165, 1.54) is 25.7 Å². The Hall–Kier alpha value is -0.430. The molecule has 1 aromatic carbocycles. The maximum atomic E-state index is 12.1. The summed E-state index contributed by atoms with van der Waals surface area (Å²) in [4.78, 5) is 2.57. The fraction of sp³-hybridized carbons (Fsp3) is 0.571. The highest BCUT2D eigenvalue weighted by Gasteiger charge is 2.20. The van der Waals surface area contributed by atoms with Crippen LogP contribution in [0.2, 0.25) is 0 Å². The Balaban J connectivity index is 1.84. The smallest absolute Gasteiger partial charge is 0.240 e. The number of nitrogens with zero attached hydrogens (tertiary/aromatic N) is 1. The van der Waals surface area contributed by atoms with Crippen molar-refractivity contribution in [3.63, 3.8) is 0 Å². The van der Waals surface area contributed by atoms with Gasteiger partial charge in [-0.05, 0) is 44.2 Å². The number of sulfonamides is 1. The molecule has 4 nitrogen and oxygen atoms in total. The summed E-state index contributed by atoms with van der Waals surface area (Å²) in [5.41, 5.74) is 0. The van der Waals surface area contributed by atoms with Crippen molar-refractivity contribution in [2.24, 2.45) is 0 Å². The van der Waals surface area contributed by atoms with Gasteiger partial charge in [-0.2, -0.15) is 0 Å². The molecule has 1 N–H and O–H groups in total. The zero-order chi connectivity index (χ0) is 14.6. The van der Waals surface area contributed by atoms with Gasteiger partial charge in [0.1, 0.15) is 0 Å². The van der Waals surface area contributed by atoms with Crippen LogP contribution >= 0.6 is 15.9 Å². The molecular formula is C14H21BrN2O2S. The third kappa shape index (κ3) is 4.28. The van der Waals surface area contributed by atoms with E-state index in [2.05, 4.69) is 32.6 Å². The van der Waals surface area contributed by atoms with E-state index < -0.39 is 10.0 Å². The Morgan fingerprint density at radius 3 is 2.45 bits per heavy atom. The van der Waals surface area contributed by atoms with Crippen LogP contribution in [0.3, 0.4) is 0 Å².